The van der Waals surface area contributed by atoms with Crippen LogP contribution in [0.5, 0.6) is 5.75 Å². The molecule has 0 aliphatic carbocycles. The normalized spacial score (nSPS) is 11.2. The van der Waals surface area contributed by atoms with Crippen LogP contribution in [0.3, 0.4) is 0 Å². The van der Waals surface area contributed by atoms with Gasteiger partial charge in [0, 0.05) is 12.8 Å². The van der Waals surface area contributed by atoms with Crippen molar-refractivity contribution in [1.29, 1.82) is 0 Å². The molecule has 7 nitrogen and oxygen atoms in total. The summed E-state index contributed by atoms with van der Waals surface area (Å²) in [6, 6.07) is 26.1. The molecular formula is C27H28N2O5. The molecule has 0 bridgehead atoms. The van der Waals surface area contributed by atoms with Gasteiger partial charge in [0.15, 0.2) is 5.75 Å². The molecule has 0 fully saturated rings. The smallest absolute Gasteiger partial charge is 0.355 e. The van der Waals surface area contributed by atoms with Crippen LogP contribution in [0.1, 0.15) is 48.8 Å². The number of rotatable bonds is 11. The Kier molecular flexibility index (Phi) is 9.22. The van der Waals surface area contributed by atoms with Crippen molar-refractivity contribution < 1.29 is 24.2 Å². The first kappa shape index (κ1) is 24.5. The second-order valence-corrected chi connectivity index (χ2v) is 7.64. The first-order valence-electron chi connectivity index (χ1n) is 11.2. The first-order valence-corrected chi connectivity index (χ1v) is 11.2. The minimum absolute atomic E-state index is 0.234. The van der Waals surface area contributed by atoms with Gasteiger partial charge in [-0.3, -0.25) is 9.78 Å². The lowest BCUT2D eigenvalue weighted by Crippen LogP contribution is -2.18. The molecule has 0 atom stereocenters. The molecule has 7 heteroatoms. The summed E-state index contributed by atoms with van der Waals surface area (Å²) in [4.78, 5) is 39.0. The molecule has 0 unspecified atom stereocenters. The predicted octanol–water partition coefficient (Wildman–Crippen LogP) is 4.90. The summed E-state index contributed by atoms with van der Waals surface area (Å²) in [6.07, 6.45) is 2.07. The molecule has 34 heavy (non-hydrogen) atoms. The standard InChI is InChI=1S/C27H28N2O5/c1-2-25(30)34-33-23-17-9-11-20(19-23)12-10-18-24(28)29-32-27(31)26(21-13-5-3-6-14-21)22-15-7-4-8-16-22/h3-9,11,13-17,19,26H,2,10,12,18H2,1H3,(H2,28,29). The Hall–Kier alpha value is -4.13. The van der Waals surface area contributed by atoms with Crippen molar-refractivity contribution in [2.24, 2.45) is 10.9 Å². The maximum Gasteiger partial charge on any atom is 0.355 e. The number of carbonyl (C=O) groups excluding carboxylic acids is 2. The highest BCUT2D eigenvalue weighted by molar-refractivity contribution is 5.84. The van der Waals surface area contributed by atoms with Crippen LogP contribution in [-0.2, 0) is 25.7 Å². The van der Waals surface area contributed by atoms with Crippen molar-refractivity contribution in [2.75, 3.05) is 0 Å². The SMILES string of the molecule is CCC(=O)OOc1cccc(CCC/C(N)=N/OC(=O)C(c2ccccc2)c2ccccc2)c1. The van der Waals surface area contributed by atoms with Gasteiger partial charge in [0.2, 0.25) is 0 Å². The number of hydrogen-bond acceptors (Lipinski definition) is 6. The number of benzene rings is 3. The van der Waals surface area contributed by atoms with Crippen molar-refractivity contribution in [3.8, 4) is 5.75 Å². The highest BCUT2D eigenvalue weighted by Gasteiger charge is 2.24. The molecule has 0 amide bonds. The maximum absolute atomic E-state index is 12.9. The van der Waals surface area contributed by atoms with Crippen LogP contribution in [0.4, 0.5) is 0 Å². The molecular weight excluding hydrogens is 432 g/mol. The van der Waals surface area contributed by atoms with Crippen LogP contribution in [0.2, 0.25) is 0 Å². The Balaban J connectivity index is 1.54. The largest absolute Gasteiger partial charge is 0.384 e. The Morgan fingerprint density at radius 1 is 0.912 bits per heavy atom. The molecule has 0 heterocycles. The number of nitrogens with zero attached hydrogens (tertiary/aromatic N) is 1. The van der Waals surface area contributed by atoms with Gasteiger partial charge in [-0.15, -0.1) is 0 Å². The van der Waals surface area contributed by atoms with Crippen LogP contribution in [0.15, 0.2) is 90.1 Å². The molecule has 0 spiro atoms. The highest BCUT2D eigenvalue weighted by Crippen LogP contribution is 2.26. The van der Waals surface area contributed by atoms with E-state index in [9.17, 15) is 9.59 Å². The van der Waals surface area contributed by atoms with E-state index in [1.807, 2.05) is 72.8 Å². The van der Waals surface area contributed by atoms with E-state index in [4.69, 9.17) is 15.5 Å². The second-order valence-electron chi connectivity index (χ2n) is 7.64. The van der Waals surface area contributed by atoms with Crippen molar-refractivity contribution in [3.63, 3.8) is 0 Å². The minimum atomic E-state index is -0.594. The van der Waals surface area contributed by atoms with Gasteiger partial charge < -0.3 is 10.6 Å². The lowest BCUT2D eigenvalue weighted by atomic mass is 9.91. The molecule has 0 saturated heterocycles. The zero-order valence-electron chi connectivity index (χ0n) is 19.1. The predicted molar refractivity (Wildman–Crippen MR) is 129 cm³/mol. The molecule has 2 N–H and O–H groups in total. The fourth-order valence-corrected chi connectivity index (χ4v) is 3.34. The zero-order valence-corrected chi connectivity index (χ0v) is 19.1. The fraction of sp³-hybridized carbons (Fsp3) is 0.222. The third-order valence-electron chi connectivity index (χ3n) is 5.07. The molecule has 0 saturated carbocycles. The molecule has 0 radical (unpaired) electrons. The Bertz CT molecular complexity index is 1060. The molecule has 3 rings (SSSR count). The van der Waals surface area contributed by atoms with Crippen LogP contribution in [0, 0.1) is 0 Å². The Morgan fingerprint density at radius 3 is 2.18 bits per heavy atom. The van der Waals surface area contributed by atoms with Crippen molar-refractivity contribution in [2.45, 2.75) is 38.5 Å². The minimum Gasteiger partial charge on any atom is -0.384 e. The van der Waals surface area contributed by atoms with Crippen LogP contribution >= 0.6 is 0 Å². The van der Waals surface area contributed by atoms with E-state index >= 15 is 0 Å². The van der Waals surface area contributed by atoms with E-state index in [-0.39, 0.29) is 12.3 Å². The molecule has 0 aromatic heterocycles. The third kappa shape index (κ3) is 7.48. The summed E-state index contributed by atoms with van der Waals surface area (Å²) < 4.78 is 0. The van der Waals surface area contributed by atoms with E-state index in [0.29, 0.717) is 25.0 Å². The van der Waals surface area contributed by atoms with Gasteiger partial charge >= 0.3 is 11.9 Å². The van der Waals surface area contributed by atoms with Crippen LogP contribution < -0.4 is 10.6 Å². The summed E-state index contributed by atoms with van der Waals surface area (Å²) in [5.41, 5.74) is 8.61. The number of oxime groups is 1. The van der Waals surface area contributed by atoms with Crippen LogP contribution in [-0.4, -0.2) is 17.8 Å². The third-order valence-corrected chi connectivity index (χ3v) is 5.07. The summed E-state index contributed by atoms with van der Waals surface area (Å²) in [7, 11) is 0. The monoisotopic (exact) mass is 460 g/mol. The number of aryl methyl sites for hydroxylation is 1. The molecule has 0 aliphatic heterocycles. The van der Waals surface area contributed by atoms with Gasteiger partial charge in [-0.2, -0.15) is 0 Å². The summed E-state index contributed by atoms with van der Waals surface area (Å²) in [6.45, 7) is 1.69. The zero-order chi connectivity index (χ0) is 24.2. The van der Waals surface area contributed by atoms with E-state index in [1.165, 1.54) is 0 Å². The van der Waals surface area contributed by atoms with Crippen molar-refractivity contribution in [1.82, 2.24) is 0 Å². The Morgan fingerprint density at radius 2 is 1.56 bits per heavy atom. The second kappa shape index (κ2) is 12.8. The molecule has 3 aromatic rings. The van der Waals surface area contributed by atoms with Crippen LogP contribution in [0.25, 0.3) is 0 Å². The number of carbonyl (C=O) groups is 2. The van der Waals surface area contributed by atoms with Crippen molar-refractivity contribution >= 4 is 17.8 Å². The van der Waals surface area contributed by atoms with Gasteiger partial charge in [-0.25, -0.2) is 9.59 Å². The topological polar surface area (TPSA) is 100 Å². The molecule has 176 valence electrons. The van der Waals surface area contributed by atoms with E-state index in [0.717, 1.165) is 16.7 Å². The summed E-state index contributed by atoms with van der Waals surface area (Å²) in [5.74, 6) is -0.846. The maximum atomic E-state index is 12.9. The fourth-order valence-electron chi connectivity index (χ4n) is 3.34. The summed E-state index contributed by atoms with van der Waals surface area (Å²) in [5, 5.41) is 3.87. The van der Waals surface area contributed by atoms with E-state index < -0.39 is 17.9 Å². The lowest BCUT2D eigenvalue weighted by molar-refractivity contribution is -0.213. The lowest BCUT2D eigenvalue weighted by Gasteiger charge is -2.15. The van der Waals surface area contributed by atoms with Gasteiger partial charge in [0.1, 0.15) is 11.8 Å². The number of amidine groups is 1. The first-order chi connectivity index (χ1) is 16.6. The quantitative estimate of drug-likeness (QED) is 0.144. The average molecular weight is 461 g/mol. The average Bonchev–Trinajstić information content (AvgIpc) is 2.88. The molecule has 0 aliphatic rings. The van der Waals surface area contributed by atoms with Gasteiger partial charge in [-0.1, -0.05) is 84.9 Å². The number of nitrogens with two attached hydrogens (primary N) is 1. The Labute approximate surface area is 199 Å². The summed E-state index contributed by atoms with van der Waals surface area (Å²) >= 11 is 0. The van der Waals surface area contributed by atoms with Gasteiger partial charge in [0.25, 0.3) is 0 Å². The number of hydrogen-bond donors (Lipinski definition) is 1. The van der Waals surface area contributed by atoms with E-state index in [1.54, 1.807) is 19.1 Å². The molecule has 3 aromatic carbocycles. The highest BCUT2D eigenvalue weighted by atomic mass is 17.2. The van der Waals surface area contributed by atoms with Gasteiger partial charge in [-0.05, 0) is 41.7 Å². The van der Waals surface area contributed by atoms with E-state index in [2.05, 4.69) is 10.0 Å². The van der Waals surface area contributed by atoms with Gasteiger partial charge in [0.05, 0.1) is 0 Å². The van der Waals surface area contributed by atoms with Crippen molar-refractivity contribution in [3.05, 3.63) is 102 Å².